The maximum absolute atomic E-state index is 12.6. The third-order valence-corrected chi connectivity index (χ3v) is 0.932. The van der Waals surface area contributed by atoms with E-state index in [0.29, 0.717) is 0 Å². The molecule has 0 fully saturated rings. The Bertz CT molecular complexity index is 183. The van der Waals surface area contributed by atoms with Gasteiger partial charge in [-0.2, -0.15) is 0 Å². The number of nitrogens with one attached hydrogen (secondary N) is 2. The summed E-state index contributed by atoms with van der Waals surface area (Å²) in [5, 5.41) is 9.34. The van der Waals surface area contributed by atoms with E-state index in [1.54, 1.807) is 0 Å². The number of halogens is 1. The molecule has 0 aliphatic carbocycles. The van der Waals surface area contributed by atoms with Crippen molar-refractivity contribution in [2.24, 2.45) is 4.99 Å². The van der Waals surface area contributed by atoms with Gasteiger partial charge in [-0.3, -0.25) is 0 Å². The molecular weight excluding hydrogens is 133 g/mol. The summed E-state index contributed by atoms with van der Waals surface area (Å²) in [7, 11) is 1.52. The summed E-state index contributed by atoms with van der Waals surface area (Å²) in [5.41, 5.74) is -0.156. The van der Waals surface area contributed by atoms with Gasteiger partial charge in [0.2, 0.25) is 0 Å². The summed E-state index contributed by atoms with van der Waals surface area (Å²) in [6, 6.07) is 0. The molecule has 0 radical (unpaired) electrons. The smallest absolute Gasteiger partial charge is 0.185 e. The number of aliphatic imine (C=N–C) groups is 1. The average Bonchev–Trinajstić information content (AvgIpc) is 1.90. The van der Waals surface area contributed by atoms with Crippen LogP contribution in [0.25, 0.3) is 0 Å². The minimum Gasteiger partial charge on any atom is -0.371 e. The van der Waals surface area contributed by atoms with Crippen molar-refractivity contribution in [2.75, 3.05) is 7.05 Å². The van der Waals surface area contributed by atoms with Crippen LogP contribution in [0.1, 0.15) is 6.92 Å². The first kappa shape index (κ1) is 8.81. The Kier molecular flexibility index (Phi) is 3.32. The Hall–Kier alpha value is -1.19. The molecule has 0 aliphatic heterocycles. The van der Waals surface area contributed by atoms with Crippen molar-refractivity contribution in [2.45, 2.75) is 6.92 Å². The van der Waals surface area contributed by atoms with E-state index in [1.807, 2.05) is 0 Å². The molecular formula is C6H10FN3. The Morgan fingerprint density at radius 1 is 1.70 bits per heavy atom. The first-order valence-corrected chi connectivity index (χ1v) is 2.73. The van der Waals surface area contributed by atoms with Gasteiger partial charge in [0.15, 0.2) is 11.6 Å². The van der Waals surface area contributed by atoms with Gasteiger partial charge in [-0.25, -0.2) is 9.38 Å². The maximum Gasteiger partial charge on any atom is 0.185 e. The molecule has 56 valence electrons. The molecule has 0 heterocycles. The lowest BCUT2D eigenvalue weighted by molar-refractivity contribution is 0.650. The summed E-state index contributed by atoms with van der Waals surface area (Å²) in [4.78, 5) is 3.33. The molecule has 0 saturated carbocycles. The minimum absolute atomic E-state index is 0.00694. The second-order valence-corrected chi connectivity index (χ2v) is 1.70. The second-order valence-electron chi connectivity index (χ2n) is 1.70. The highest BCUT2D eigenvalue weighted by molar-refractivity contribution is 5.94. The van der Waals surface area contributed by atoms with Crippen LogP contribution in [0, 0.1) is 5.41 Å². The average molecular weight is 143 g/mol. The zero-order chi connectivity index (χ0) is 8.15. The van der Waals surface area contributed by atoms with Crippen molar-refractivity contribution >= 4 is 12.4 Å². The van der Waals surface area contributed by atoms with Gasteiger partial charge in [-0.05, 0) is 13.6 Å². The Morgan fingerprint density at radius 2 is 2.20 bits per heavy atom. The van der Waals surface area contributed by atoms with E-state index in [9.17, 15) is 4.39 Å². The zero-order valence-corrected chi connectivity index (χ0v) is 6.03. The van der Waals surface area contributed by atoms with Crippen molar-refractivity contribution in [1.82, 2.24) is 5.32 Å². The molecule has 0 aromatic rings. The van der Waals surface area contributed by atoms with Crippen molar-refractivity contribution in [1.29, 1.82) is 5.41 Å². The van der Waals surface area contributed by atoms with Crippen LogP contribution >= 0.6 is 0 Å². The molecule has 0 spiro atoms. The first-order valence-electron chi connectivity index (χ1n) is 2.73. The SMILES string of the molecule is C=N/C(NC)=C(/F)C(C)=N. The summed E-state index contributed by atoms with van der Waals surface area (Å²) in [6.07, 6.45) is 0. The van der Waals surface area contributed by atoms with Crippen molar-refractivity contribution in [3.05, 3.63) is 11.6 Å². The lowest BCUT2D eigenvalue weighted by Gasteiger charge is -1.99. The van der Waals surface area contributed by atoms with Gasteiger partial charge in [0, 0.05) is 7.05 Å². The molecule has 0 amide bonds. The maximum atomic E-state index is 12.6. The van der Waals surface area contributed by atoms with Crippen LogP contribution in [0.15, 0.2) is 16.6 Å². The Labute approximate surface area is 59.2 Å². The Balaban J connectivity index is 4.59. The van der Waals surface area contributed by atoms with Gasteiger partial charge >= 0.3 is 0 Å². The molecule has 3 nitrogen and oxygen atoms in total. The monoisotopic (exact) mass is 143 g/mol. The molecule has 0 atom stereocenters. The standard InChI is InChI=1S/C6H10FN3/c1-4(8)5(7)6(9-2)10-3/h8,10H,2H2,1,3H3/b6-5-,8-4?. The molecule has 0 saturated heterocycles. The van der Waals surface area contributed by atoms with Crippen LogP contribution in [0.4, 0.5) is 4.39 Å². The van der Waals surface area contributed by atoms with Gasteiger partial charge in [0.05, 0.1) is 5.71 Å². The molecule has 0 unspecified atom stereocenters. The molecule has 0 aromatic carbocycles. The molecule has 0 aliphatic rings. The fourth-order valence-electron chi connectivity index (χ4n) is 0.436. The quantitative estimate of drug-likeness (QED) is 0.571. The van der Waals surface area contributed by atoms with Gasteiger partial charge in [-0.15, -0.1) is 0 Å². The summed E-state index contributed by atoms with van der Waals surface area (Å²) >= 11 is 0. The fraction of sp³-hybridized carbons (Fsp3) is 0.333. The summed E-state index contributed by atoms with van der Waals surface area (Å²) < 4.78 is 12.6. The van der Waals surface area contributed by atoms with Gasteiger partial charge in [-0.1, -0.05) is 0 Å². The van der Waals surface area contributed by atoms with Crippen LogP contribution in [-0.2, 0) is 0 Å². The lowest BCUT2D eigenvalue weighted by atomic mass is 10.3. The second kappa shape index (κ2) is 3.76. The largest absolute Gasteiger partial charge is 0.371 e. The van der Waals surface area contributed by atoms with Gasteiger partial charge < -0.3 is 10.7 Å². The van der Waals surface area contributed by atoms with Gasteiger partial charge in [0.1, 0.15) is 0 Å². The highest BCUT2D eigenvalue weighted by Crippen LogP contribution is 2.04. The van der Waals surface area contributed by atoms with Crippen LogP contribution in [-0.4, -0.2) is 19.5 Å². The van der Waals surface area contributed by atoms with Gasteiger partial charge in [0.25, 0.3) is 0 Å². The summed E-state index contributed by atoms with van der Waals surface area (Å²) in [6.45, 7) is 4.47. The van der Waals surface area contributed by atoms with Crippen molar-refractivity contribution in [3.63, 3.8) is 0 Å². The molecule has 0 bridgehead atoms. The van der Waals surface area contributed by atoms with E-state index in [0.717, 1.165) is 0 Å². The van der Waals surface area contributed by atoms with Crippen molar-refractivity contribution in [3.8, 4) is 0 Å². The highest BCUT2D eigenvalue weighted by Gasteiger charge is 2.03. The molecule has 2 N–H and O–H groups in total. The number of hydrogen-bond acceptors (Lipinski definition) is 3. The third kappa shape index (κ3) is 1.97. The highest BCUT2D eigenvalue weighted by atomic mass is 19.1. The van der Waals surface area contributed by atoms with Crippen LogP contribution in [0.5, 0.6) is 0 Å². The van der Waals surface area contributed by atoms with Crippen molar-refractivity contribution < 1.29 is 4.39 Å². The minimum atomic E-state index is -0.669. The number of hydrogen-bond donors (Lipinski definition) is 2. The number of rotatable bonds is 3. The zero-order valence-electron chi connectivity index (χ0n) is 6.03. The van der Waals surface area contributed by atoms with E-state index in [2.05, 4.69) is 17.0 Å². The van der Waals surface area contributed by atoms with E-state index in [4.69, 9.17) is 5.41 Å². The molecule has 10 heavy (non-hydrogen) atoms. The summed E-state index contributed by atoms with van der Waals surface area (Å²) in [5.74, 6) is -0.662. The first-order chi connectivity index (χ1) is 4.63. The van der Waals surface area contributed by atoms with Crippen LogP contribution in [0.2, 0.25) is 0 Å². The van der Waals surface area contributed by atoms with E-state index < -0.39 is 5.83 Å². The van der Waals surface area contributed by atoms with E-state index in [-0.39, 0.29) is 11.5 Å². The van der Waals surface area contributed by atoms with E-state index >= 15 is 0 Å². The normalized spacial score (nSPS) is 11.9. The third-order valence-electron chi connectivity index (χ3n) is 0.932. The van der Waals surface area contributed by atoms with E-state index in [1.165, 1.54) is 14.0 Å². The molecule has 0 aromatic heterocycles. The fourth-order valence-corrected chi connectivity index (χ4v) is 0.436. The number of allylic oxidation sites excluding steroid dienone is 1. The Morgan fingerprint density at radius 3 is 2.30 bits per heavy atom. The topological polar surface area (TPSA) is 48.2 Å². The predicted molar refractivity (Wildman–Crippen MR) is 40.1 cm³/mol. The van der Waals surface area contributed by atoms with Crippen LogP contribution in [0.3, 0.4) is 0 Å². The van der Waals surface area contributed by atoms with Crippen LogP contribution < -0.4 is 5.32 Å². The molecule has 4 heteroatoms. The number of nitrogens with zero attached hydrogens (tertiary/aromatic N) is 1. The molecule has 0 rings (SSSR count). The lowest BCUT2D eigenvalue weighted by Crippen LogP contribution is -2.08. The predicted octanol–water partition coefficient (Wildman–Crippen LogP) is 1.08.